The molecule has 0 bridgehead atoms. The third kappa shape index (κ3) is 7.08. The molecule has 2 rings (SSSR count). The van der Waals surface area contributed by atoms with Gasteiger partial charge in [0.25, 0.3) is 5.91 Å². The van der Waals surface area contributed by atoms with E-state index in [1.54, 1.807) is 0 Å². The lowest BCUT2D eigenvalue weighted by Crippen LogP contribution is -2.49. The topological polar surface area (TPSA) is 65.6 Å². The van der Waals surface area contributed by atoms with Gasteiger partial charge in [-0.1, -0.05) is 42.5 Å². The Labute approximate surface area is 159 Å². The fraction of sp³-hybridized carbons (Fsp3) is 0.263. The predicted octanol–water partition coefficient (Wildman–Crippen LogP) is 1.79. The van der Waals surface area contributed by atoms with E-state index in [9.17, 15) is 4.79 Å². The Balaban J connectivity index is 1.70. The molecule has 0 unspecified atom stereocenters. The Bertz CT molecular complexity index is 705. The lowest BCUT2D eigenvalue weighted by molar-refractivity contribution is -0.123. The highest BCUT2D eigenvalue weighted by atomic mass is 32.1. The molecule has 0 atom stereocenters. The molecular formula is C19H24N4O2S. The van der Waals surface area contributed by atoms with Gasteiger partial charge in [0.05, 0.1) is 0 Å². The van der Waals surface area contributed by atoms with E-state index in [0.29, 0.717) is 17.4 Å². The van der Waals surface area contributed by atoms with Crippen molar-refractivity contribution in [2.24, 2.45) is 0 Å². The summed E-state index contributed by atoms with van der Waals surface area (Å²) in [5, 5.41) is 3.36. The molecule has 3 N–H and O–H groups in total. The molecule has 0 saturated heterocycles. The molecule has 1 amide bonds. The second-order valence-electron chi connectivity index (χ2n) is 5.91. The largest absolute Gasteiger partial charge is 0.484 e. The standard InChI is InChI=1S/C19H24N4O2S/c1-23(2)13-12-20-19(26)22-21-18(24)14-25-17-10-8-16(9-11-17)15-6-4-3-5-7-15/h3-11H,12-14H2,1-2H3,(H,21,24)(H2,20,22,26). The van der Waals surface area contributed by atoms with Gasteiger partial charge in [0.2, 0.25) is 0 Å². The number of hydrogen-bond donors (Lipinski definition) is 3. The second-order valence-corrected chi connectivity index (χ2v) is 6.32. The van der Waals surface area contributed by atoms with Gasteiger partial charge in [-0.05, 0) is 49.6 Å². The molecule has 0 spiro atoms. The van der Waals surface area contributed by atoms with Crippen molar-refractivity contribution < 1.29 is 9.53 Å². The van der Waals surface area contributed by atoms with Crippen LogP contribution >= 0.6 is 12.2 Å². The van der Waals surface area contributed by atoms with Gasteiger partial charge in [-0.3, -0.25) is 15.6 Å². The molecule has 2 aromatic rings. The molecule has 0 aliphatic carbocycles. The summed E-state index contributed by atoms with van der Waals surface area (Å²) in [7, 11) is 3.95. The number of rotatable bonds is 7. The van der Waals surface area contributed by atoms with Gasteiger partial charge in [-0.15, -0.1) is 0 Å². The Morgan fingerprint density at radius 3 is 2.31 bits per heavy atom. The van der Waals surface area contributed by atoms with Crippen LogP contribution in [0.1, 0.15) is 0 Å². The van der Waals surface area contributed by atoms with Gasteiger partial charge in [-0.2, -0.15) is 0 Å². The van der Waals surface area contributed by atoms with Crippen LogP contribution in [0.25, 0.3) is 11.1 Å². The number of carbonyl (C=O) groups is 1. The van der Waals surface area contributed by atoms with E-state index >= 15 is 0 Å². The fourth-order valence-corrected chi connectivity index (χ4v) is 2.28. The van der Waals surface area contributed by atoms with E-state index in [-0.39, 0.29) is 12.5 Å². The Morgan fingerprint density at radius 2 is 1.65 bits per heavy atom. The van der Waals surface area contributed by atoms with Crippen LogP contribution < -0.4 is 20.9 Å². The van der Waals surface area contributed by atoms with Crippen molar-refractivity contribution in [3.8, 4) is 16.9 Å². The van der Waals surface area contributed by atoms with E-state index in [0.717, 1.165) is 17.7 Å². The molecular weight excluding hydrogens is 348 g/mol. The average Bonchev–Trinajstić information content (AvgIpc) is 2.65. The fourth-order valence-electron chi connectivity index (χ4n) is 2.12. The maximum Gasteiger partial charge on any atom is 0.276 e. The first-order valence-electron chi connectivity index (χ1n) is 8.30. The van der Waals surface area contributed by atoms with Crippen molar-refractivity contribution in [2.75, 3.05) is 33.8 Å². The Hall–Kier alpha value is -2.64. The first kappa shape index (κ1) is 19.7. The first-order valence-corrected chi connectivity index (χ1v) is 8.71. The third-order valence-corrected chi connectivity index (χ3v) is 3.74. The van der Waals surface area contributed by atoms with Crippen LogP contribution in [0.5, 0.6) is 5.75 Å². The first-order chi connectivity index (χ1) is 12.5. The van der Waals surface area contributed by atoms with Gasteiger partial charge >= 0.3 is 0 Å². The predicted molar refractivity (Wildman–Crippen MR) is 108 cm³/mol. The summed E-state index contributed by atoms with van der Waals surface area (Å²) in [5.74, 6) is 0.320. The molecule has 6 nitrogen and oxygen atoms in total. The van der Waals surface area contributed by atoms with Crippen LogP contribution in [-0.4, -0.2) is 49.7 Å². The normalized spacial score (nSPS) is 10.3. The van der Waals surface area contributed by atoms with Crippen LogP contribution in [0.15, 0.2) is 54.6 Å². The number of ether oxygens (including phenoxy) is 1. The number of nitrogens with zero attached hydrogens (tertiary/aromatic N) is 1. The zero-order valence-corrected chi connectivity index (χ0v) is 15.8. The van der Waals surface area contributed by atoms with Gasteiger partial charge in [-0.25, -0.2) is 0 Å². The molecule has 0 saturated carbocycles. The number of hydrogen-bond acceptors (Lipinski definition) is 4. The summed E-state index contributed by atoms with van der Waals surface area (Å²) in [5.41, 5.74) is 7.37. The van der Waals surface area contributed by atoms with E-state index in [1.807, 2.05) is 73.6 Å². The summed E-state index contributed by atoms with van der Waals surface area (Å²) in [4.78, 5) is 13.8. The SMILES string of the molecule is CN(C)CCNC(=S)NNC(=O)COc1ccc(-c2ccccc2)cc1. The number of benzene rings is 2. The summed E-state index contributed by atoms with van der Waals surface area (Å²) < 4.78 is 5.48. The van der Waals surface area contributed by atoms with Crippen molar-refractivity contribution in [3.63, 3.8) is 0 Å². The minimum Gasteiger partial charge on any atom is -0.484 e. The highest BCUT2D eigenvalue weighted by molar-refractivity contribution is 7.80. The van der Waals surface area contributed by atoms with E-state index in [1.165, 1.54) is 0 Å². The molecule has 0 aliphatic rings. The highest BCUT2D eigenvalue weighted by Gasteiger charge is 2.04. The van der Waals surface area contributed by atoms with Gasteiger partial charge < -0.3 is 15.0 Å². The maximum atomic E-state index is 11.8. The molecule has 0 aromatic heterocycles. The zero-order valence-electron chi connectivity index (χ0n) is 15.0. The molecule has 7 heteroatoms. The van der Waals surface area contributed by atoms with Crippen LogP contribution in [0.4, 0.5) is 0 Å². The summed E-state index contributed by atoms with van der Waals surface area (Å²) in [6, 6.07) is 17.7. The molecule has 0 heterocycles. The van der Waals surface area contributed by atoms with E-state index < -0.39 is 0 Å². The summed E-state index contributed by atoms with van der Waals surface area (Å²) in [6.45, 7) is 1.44. The number of likely N-dealkylation sites (N-methyl/N-ethyl adjacent to an activating group) is 1. The van der Waals surface area contributed by atoms with Crippen molar-refractivity contribution >= 4 is 23.2 Å². The van der Waals surface area contributed by atoms with Crippen molar-refractivity contribution in [2.45, 2.75) is 0 Å². The zero-order chi connectivity index (χ0) is 18.8. The van der Waals surface area contributed by atoms with Gasteiger partial charge in [0.15, 0.2) is 11.7 Å². The third-order valence-electron chi connectivity index (χ3n) is 3.49. The number of amides is 1. The van der Waals surface area contributed by atoms with Crippen molar-refractivity contribution in [1.29, 1.82) is 0 Å². The van der Waals surface area contributed by atoms with Crippen LogP contribution in [0.2, 0.25) is 0 Å². The minimum atomic E-state index is -0.311. The molecule has 138 valence electrons. The van der Waals surface area contributed by atoms with Crippen LogP contribution in [0, 0.1) is 0 Å². The van der Waals surface area contributed by atoms with Gasteiger partial charge in [0.1, 0.15) is 5.75 Å². The highest BCUT2D eigenvalue weighted by Crippen LogP contribution is 2.21. The average molecular weight is 372 g/mol. The number of hydrazine groups is 1. The van der Waals surface area contributed by atoms with Crippen molar-refractivity contribution in [1.82, 2.24) is 21.1 Å². The van der Waals surface area contributed by atoms with E-state index in [2.05, 4.69) is 16.2 Å². The summed E-state index contributed by atoms with van der Waals surface area (Å²) >= 11 is 5.07. The monoisotopic (exact) mass is 372 g/mol. The molecule has 0 aliphatic heterocycles. The molecule has 26 heavy (non-hydrogen) atoms. The molecule has 2 aromatic carbocycles. The number of thiocarbonyl (C=S) groups is 1. The van der Waals surface area contributed by atoms with Gasteiger partial charge in [0, 0.05) is 13.1 Å². The quantitative estimate of drug-likeness (QED) is 0.509. The molecule has 0 radical (unpaired) electrons. The lowest BCUT2D eigenvalue weighted by atomic mass is 10.1. The lowest BCUT2D eigenvalue weighted by Gasteiger charge is -2.14. The second kappa shape index (κ2) is 10.4. The Kier molecular flexibility index (Phi) is 7.85. The van der Waals surface area contributed by atoms with Crippen LogP contribution in [-0.2, 0) is 4.79 Å². The smallest absolute Gasteiger partial charge is 0.276 e. The number of nitrogens with one attached hydrogen (secondary N) is 3. The Morgan fingerprint density at radius 1 is 1.00 bits per heavy atom. The minimum absolute atomic E-state index is 0.0992. The summed E-state index contributed by atoms with van der Waals surface area (Å²) in [6.07, 6.45) is 0. The van der Waals surface area contributed by atoms with Crippen LogP contribution in [0.3, 0.4) is 0 Å². The van der Waals surface area contributed by atoms with E-state index in [4.69, 9.17) is 17.0 Å². The maximum absolute atomic E-state index is 11.8. The number of carbonyl (C=O) groups excluding carboxylic acids is 1. The molecule has 0 fully saturated rings. The van der Waals surface area contributed by atoms with Crippen molar-refractivity contribution in [3.05, 3.63) is 54.6 Å².